The van der Waals surface area contributed by atoms with E-state index in [1.54, 1.807) is 19.1 Å². The van der Waals surface area contributed by atoms with E-state index in [9.17, 15) is 24.6 Å². The molecule has 1 saturated carbocycles. The molecule has 2 aliphatic rings. The van der Waals surface area contributed by atoms with Gasteiger partial charge in [0, 0.05) is 6.54 Å². The van der Waals surface area contributed by atoms with Gasteiger partial charge in [-0.15, -0.1) is 0 Å². The predicted molar refractivity (Wildman–Crippen MR) is 114 cm³/mol. The van der Waals surface area contributed by atoms with Crippen LogP contribution >= 0.6 is 0 Å². The van der Waals surface area contributed by atoms with Gasteiger partial charge in [0.05, 0.1) is 25.2 Å². The Labute approximate surface area is 186 Å². The number of nitrogens with zero attached hydrogens (tertiary/aromatic N) is 2. The zero-order valence-corrected chi connectivity index (χ0v) is 17.8. The number of amides is 3. The van der Waals surface area contributed by atoms with Crippen molar-refractivity contribution in [3.8, 4) is 0 Å². The molecule has 4 rings (SSSR count). The van der Waals surface area contributed by atoms with Crippen molar-refractivity contribution in [3.05, 3.63) is 71.8 Å². The highest BCUT2D eigenvalue weighted by Gasteiger charge is 2.69. The van der Waals surface area contributed by atoms with Gasteiger partial charge in [-0.3, -0.25) is 14.5 Å². The Morgan fingerprint density at radius 2 is 1.56 bits per heavy atom. The standard InChI is InChI=1S/C24H26N2O6/c1-2-32-21(29)18-13-24(20(28)19(18)27)22(30)25(14-16-9-5-3-6-10-16)23(31)26(24)15-17-11-7-4-8-12-17/h3-12,18-20,27-28H,2,13-15H2,1H3/t18-,19-,20-,24+/m0/s1. The highest BCUT2D eigenvalue weighted by molar-refractivity contribution is 6.08. The molecule has 32 heavy (non-hydrogen) atoms. The van der Waals surface area contributed by atoms with E-state index >= 15 is 0 Å². The summed E-state index contributed by atoms with van der Waals surface area (Å²) in [6.07, 6.45) is -3.37. The van der Waals surface area contributed by atoms with E-state index in [1.165, 1.54) is 4.90 Å². The monoisotopic (exact) mass is 438 g/mol. The number of esters is 1. The van der Waals surface area contributed by atoms with Gasteiger partial charge in [0.2, 0.25) is 0 Å². The molecule has 3 amide bonds. The second-order valence-corrected chi connectivity index (χ2v) is 8.15. The molecule has 0 bridgehead atoms. The third-order valence-electron chi connectivity index (χ3n) is 6.27. The van der Waals surface area contributed by atoms with Gasteiger partial charge in [-0.2, -0.15) is 0 Å². The van der Waals surface area contributed by atoms with Crippen LogP contribution in [-0.4, -0.2) is 62.3 Å². The second-order valence-electron chi connectivity index (χ2n) is 8.15. The Kier molecular flexibility index (Phi) is 5.99. The minimum absolute atomic E-state index is 0.0262. The lowest BCUT2D eigenvalue weighted by Crippen LogP contribution is -2.56. The highest BCUT2D eigenvalue weighted by Crippen LogP contribution is 2.46. The zero-order chi connectivity index (χ0) is 22.9. The Hall–Kier alpha value is -3.23. The summed E-state index contributed by atoms with van der Waals surface area (Å²) in [6, 6.07) is 17.6. The fourth-order valence-electron chi connectivity index (χ4n) is 4.67. The van der Waals surface area contributed by atoms with Crippen LogP contribution in [0.15, 0.2) is 60.7 Å². The number of hydrogen-bond donors (Lipinski definition) is 2. The first-order valence-electron chi connectivity index (χ1n) is 10.6. The Morgan fingerprint density at radius 1 is 1.00 bits per heavy atom. The van der Waals surface area contributed by atoms with Crippen LogP contribution < -0.4 is 0 Å². The maximum Gasteiger partial charge on any atom is 0.328 e. The van der Waals surface area contributed by atoms with Crippen LogP contribution in [0.2, 0.25) is 0 Å². The third kappa shape index (κ3) is 3.55. The molecule has 168 valence electrons. The number of aliphatic hydroxyl groups is 2. The quantitative estimate of drug-likeness (QED) is 0.525. The number of urea groups is 1. The second kappa shape index (κ2) is 8.72. The number of ether oxygens (including phenoxy) is 1. The van der Waals surface area contributed by atoms with Crippen molar-refractivity contribution in [1.82, 2.24) is 9.80 Å². The van der Waals surface area contributed by atoms with Crippen molar-refractivity contribution in [3.63, 3.8) is 0 Å². The number of hydrogen-bond acceptors (Lipinski definition) is 6. The molecule has 1 saturated heterocycles. The topological polar surface area (TPSA) is 107 Å². The van der Waals surface area contributed by atoms with Crippen molar-refractivity contribution < 1.29 is 29.3 Å². The lowest BCUT2D eigenvalue weighted by Gasteiger charge is -2.34. The fourth-order valence-corrected chi connectivity index (χ4v) is 4.67. The van der Waals surface area contributed by atoms with E-state index in [4.69, 9.17) is 4.74 Å². The van der Waals surface area contributed by atoms with Crippen molar-refractivity contribution in [2.24, 2.45) is 5.92 Å². The van der Waals surface area contributed by atoms with Gasteiger partial charge in [-0.25, -0.2) is 4.79 Å². The lowest BCUT2D eigenvalue weighted by molar-refractivity contribution is -0.152. The molecule has 2 N–H and O–H groups in total. The molecule has 1 spiro atoms. The van der Waals surface area contributed by atoms with E-state index in [0.29, 0.717) is 0 Å². The summed E-state index contributed by atoms with van der Waals surface area (Å²) in [5.41, 5.74) is -0.241. The number of benzene rings is 2. The predicted octanol–water partition coefficient (Wildman–Crippen LogP) is 1.69. The summed E-state index contributed by atoms with van der Waals surface area (Å²) in [7, 11) is 0. The fraction of sp³-hybridized carbons (Fsp3) is 0.375. The summed E-state index contributed by atoms with van der Waals surface area (Å²) in [5, 5.41) is 21.7. The molecule has 8 heteroatoms. The van der Waals surface area contributed by atoms with Gasteiger partial charge in [0.15, 0.2) is 5.54 Å². The lowest BCUT2D eigenvalue weighted by atomic mass is 9.91. The van der Waals surface area contributed by atoms with Crippen molar-refractivity contribution >= 4 is 17.9 Å². The van der Waals surface area contributed by atoms with E-state index < -0.39 is 41.6 Å². The minimum Gasteiger partial charge on any atom is -0.466 e. The first-order chi connectivity index (χ1) is 15.4. The minimum atomic E-state index is -1.75. The van der Waals surface area contributed by atoms with Gasteiger partial charge in [0.1, 0.15) is 6.10 Å². The summed E-state index contributed by atoms with van der Waals surface area (Å²) >= 11 is 0. The van der Waals surface area contributed by atoms with Crippen LogP contribution in [-0.2, 0) is 27.4 Å². The molecular weight excluding hydrogens is 412 g/mol. The Bertz CT molecular complexity index is 998. The molecule has 4 atom stereocenters. The van der Waals surface area contributed by atoms with Gasteiger partial charge in [0.25, 0.3) is 5.91 Å². The van der Waals surface area contributed by atoms with Crippen LogP contribution in [0.4, 0.5) is 4.79 Å². The van der Waals surface area contributed by atoms with Gasteiger partial charge in [-0.1, -0.05) is 60.7 Å². The summed E-state index contributed by atoms with van der Waals surface area (Å²) < 4.78 is 5.05. The maximum atomic E-state index is 13.7. The first kappa shape index (κ1) is 22.0. The number of imide groups is 1. The summed E-state index contributed by atoms with van der Waals surface area (Å²) in [6.45, 7) is 1.82. The molecule has 2 aromatic rings. The third-order valence-corrected chi connectivity index (χ3v) is 6.27. The van der Waals surface area contributed by atoms with Crippen LogP contribution in [0.5, 0.6) is 0 Å². The normalized spacial score (nSPS) is 27.4. The molecule has 0 aromatic heterocycles. The average molecular weight is 438 g/mol. The molecular formula is C24H26N2O6. The number of rotatable bonds is 6. The molecule has 0 unspecified atom stereocenters. The maximum absolute atomic E-state index is 13.7. The van der Waals surface area contributed by atoms with Gasteiger partial charge < -0.3 is 19.8 Å². The van der Waals surface area contributed by atoms with E-state index in [-0.39, 0.29) is 26.1 Å². The zero-order valence-electron chi connectivity index (χ0n) is 17.8. The Balaban J connectivity index is 1.73. The average Bonchev–Trinajstić information content (AvgIpc) is 3.18. The van der Waals surface area contributed by atoms with Crippen LogP contribution in [0, 0.1) is 5.92 Å². The van der Waals surface area contributed by atoms with Crippen molar-refractivity contribution in [1.29, 1.82) is 0 Å². The Morgan fingerprint density at radius 3 is 2.12 bits per heavy atom. The van der Waals surface area contributed by atoms with Crippen molar-refractivity contribution in [2.45, 2.75) is 44.2 Å². The van der Waals surface area contributed by atoms with E-state index in [0.717, 1.165) is 16.0 Å². The smallest absolute Gasteiger partial charge is 0.328 e. The summed E-state index contributed by atoms with van der Waals surface area (Å²) in [4.78, 5) is 42.0. The van der Waals surface area contributed by atoms with Crippen LogP contribution in [0.25, 0.3) is 0 Å². The van der Waals surface area contributed by atoms with Crippen molar-refractivity contribution in [2.75, 3.05) is 6.61 Å². The molecule has 1 heterocycles. The molecule has 1 aliphatic heterocycles. The number of aliphatic hydroxyl groups excluding tert-OH is 2. The highest BCUT2D eigenvalue weighted by atomic mass is 16.5. The van der Waals surface area contributed by atoms with Crippen LogP contribution in [0.1, 0.15) is 24.5 Å². The van der Waals surface area contributed by atoms with Gasteiger partial charge in [-0.05, 0) is 24.5 Å². The van der Waals surface area contributed by atoms with Gasteiger partial charge >= 0.3 is 12.0 Å². The number of carbonyl (C=O) groups is 3. The van der Waals surface area contributed by atoms with E-state index in [1.807, 2.05) is 48.5 Å². The number of carbonyl (C=O) groups excluding carboxylic acids is 3. The molecule has 0 radical (unpaired) electrons. The molecule has 8 nitrogen and oxygen atoms in total. The summed E-state index contributed by atoms with van der Waals surface area (Å²) in [5.74, 6) is -2.44. The largest absolute Gasteiger partial charge is 0.466 e. The molecule has 1 aliphatic carbocycles. The molecule has 2 fully saturated rings. The first-order valence-corrected chi connectivity index (χ1v) is 10.6. The van der Waals surface area contributed by atoms with E-state index in [2.05, 4.69) is 0 Å². The SMILES string of the molecule is CCOC(=O)[C@H]1C[C@]2(C(=O)N(Cc3ccccc3)C(=O)N2Cc2ccccc2)[C@@H](O)[C@H]1O. The van der Waals surface area contributed by atoms with Crippen LogP contribution in [0.3, 0.4) is 0 Å². The molecule has 2 aromatic carbocycles.